The number of benzene rings is 4. The van der Waals surface area contributed by atoms with E-state index < -0.39 is 0 Å². The third kappa shape index (κ3) is 2.72. The van der Waals surface area contributed by atoms with Crippen LogP contribution in [0.4, 0.5) is 17.1 Å². The Kier molecular flexibility index (Phi) is 3.78. The van der Waals surface area contributed by atoms with E-state index in [2.05, 4.69) is 65.6 Å². The molecule has 0 fully saturated rings. The third-order valence-corrected chi connectivity index (χ3v) is 5.43. The van der Waals surface area contributed by atoms with Crippen molar-refractivity contribution in [3.8, 4) is 22.8 Å². The summed E-state index contributed by atoms with van der Waals surface area (Å²) in [7, 11) is 0. The van der Waals surface area contributed by atoms with Crippen LogP contribution in [-0.4, -0.2) is 4.98 Å². The number of fused-ring (bicyclic) bond motifs is 3. The molecular weight excluding hydrogens is 368 g/mol. The molecule has 30 heavy (non-hydrogen) atoms. The zero-order valence-corrected chi connectivity index (χ0v) is 16.2. The molecule has 6 rings (SSSR count). The molecule has 0 saturated heterocycles. The fourth-order valence-corrected chi connectivity index (χ4v) is 4.01. The van der Waals surface area contributed by atoms with Crippen LogP contribution in [0, 0.1) is 0 Å². The molecule has 142 valence electrons. The summed E-state index contributed by atoms with van der Waals surface area (Å²) in [5.74, 6) is 1.70. The minimum Gasteiger partial charge on any atom is -0.453 e. The number of aromatic nitrogens is 1. The quantitative estimate of drug-likeness (QED) is 0.308. The summed E-state index contributed by atoms with van der Waals surface area (Å²) in [6, 6.07) is 37.2. The monoisotopic (exact) mass is 386 g/mol. The summed E-state index contributed by atoms with van der Waals surface area (Å²) in [5, 5.41) is 1.15. The van der Waals surface area contributed by atoms with Crippen molar-refractivity contribution in [2.45, 2.75) is 0 Å². The van der Waals surface area contributed by atoms with Crippen molar-refractivity contribution in [3.05, 3.63) is 109 Å². The maximum atomic E-state index is 6.14. The van der Waals surface area contributed by atoms with E-state index in [1.54, 1.807) is 0 Å². The molecule has 1 aliphatic rings. The van der Waals surface area contributed by atoms with Crippen molar-refractivity contribution < 1.29 is 4.74 Å². The van der Waals surface area contributed by atoms with E-state index in [4.69, 9.17) is 9.72 Å². The number of nitrogens with zero attached hydrogens (tertiary/aromatic N) is 2. The van der Waals surface area contributed by atoms with Gasteiger partial charge in [0.25, 0.3) is 0 Å². The molecule has 1 aromatic heterocycles. The zero-order chi connectivity index (χ0) is 19.9. The van der Waals surface area contributed by atoms with Crippen LogP contribution in [0.25, 0.3) is 22.2 Å². The second-order valence-electron chi connectivity index (χ2n) is 7.31. The number of ether oxygens (including phenoxy) is 1. The predicted molar refractivity (Wildman–Crippen MR) is 122 cm³/mol. The third-order valence-electron chi connectivity index (χ3n) is 5.43. The predicted octanol–water partition coefficient (Wildman–Crippen LogP) is 7.48. The molecule has 0 bridgehead atoms. The highest BCUT2D eigenvalue weighted by molar-refractivity contribution is 5.88. The molecular formula is C27H18N2O. The first kappa shape index (κ1) is 16.8. The van der Waals surface area contributed by atoms with Gasteiger partial charge in [0.1, 0.15) is 0 Å². The zero-order valence-electron chi connectivity index (χ0n) is 16.2. The van der Waals surface area contributed by atoms with Crippen LogP contribution in [-0.2, 0) is 0 Å². The van der Waals surface area contributed by atoms with Crippen molar-refractivity contribution in [3.63, 3.8) is 0 Å². The summed E-state index contributed by atoms with van der Waals surface area (Å²) in [6.45, 7) is 0. The SMILES string of the molecule is c1cc(-c2ccc3ccccc3n2)cc(N2c3ccccc3Oc3ccccc32)c1. The van der Waals surface area contributed by atoms with Crippen LogP contribution >= 0.6 is 0 Å². The molecule has 0 saturated carbocycles. The van der Waals surface area contributed by atoms with E-state index >= 15 is 0 Å². The Hall–Kier alpha value is -4.11. The van der Waals surface area contributed by atoms with Gasteiger partial charge in [0, 0.05) is 16.6 Å². The van der Waals surface area contributed by atoms with Crippen molar-refractivity contribution in [1.82, 2.24) is 4.98 Å². The van der Waals surface area contributed by atoms with Crippen LogP contribution < -0.4 is 9.64 Å². The Morgan fingerprint density at radius 1 is 0.600 bits per heavy atom. The standard InChI is InChI=1S/C27H18N2O/c1-2-11-22-19(8-1)16-17-23(28-22)20-9-7-10-21(18-20)29-24-12-3-5-14-26(24)30-27-15-6-4-13-25(27)29/h1-18H. The Balaban J connectivity index is 1.51. The number of anilines is 3. The summed E-state index contributed by atoms with van der Waals surface area (Å²) in [5.41, 5.74) is 6.18. The number of para-hydroxylation sites is 5. The van der Waals surface area contributed by atoms with Gasteiger partial charge in [-0.2, -0.15) is 0 Å². The fraction of sp³-hybridized carbons (Fsp3) is 0. The van der Waals surface area contributed by atoms with E-state index in [-0.39, 0.29) is 0 Å². The Morgan fingerprint density at radius 3 is 2.10 bits per heavy atom. The van der Waals surface area contributed by atoms with Crippen molar-refractivity contribution >= 4 is 28.0 Å². The van der Waals surface area contributed by atoms with E-state index in [9.17, 15) is 0 Å². The van der Waals surface area contributed by atoms with E-state index in [0.717, 1.165) is 50.7 Å². The molecule has 5 aromatic rings. The molecule has 2 heterocycles. The van der Waals surface area contributed by atoms with E-state index in [1.807, 2.05) is 48.5 Å². The van der Waals surface area contributed by atoms with Crippen LogP contribution in [0.5, 0.6) is 11.5 Å². The highest BCUT2D eigenvalue weighted by Crippen LogP contribution is 2.50. The maximum absolute atomic E-state index is 6.14. The lowest BCUT2D eigenvalue weighted by Gasteiger charge is -2.32. The van der Waals surface area contributed by atoms with Gasteiger partial charge < -0.3 is 9.64 Å². The van der Waals surface area contributed by atoms with E-state index in [1.165, 1.54) is 0 Å². The first-order valence-corrected chi connectivity index (χ1v) is 9.99. The van der Waals surface area contributed by atoms with Crippen LogP contribution in [0.2, 0.25) is 0 Å². The van der Waals surface area contributed by atoms with Crippen molar-refractivity contribution in [2.24, 2.45) is 0 Å². The molecule has 0 radical (unpaired) electrons. The largest absolute Gasteiger partial charge is 0.453 e. The lowest BCUT2D eigenvalue weighted by atomic mass is 10.1. The molecule has 4 aromatic carbocycles. The molecule has 0 unspecified atom stereocenters. The molecule has 0 spiro atoms. The molecule has 3 heteroatoms. The van der Waals surface area contributed by atoms with Gasteiger partial charge in [-0.05, 0) is 48.5 Å². The highest BCUT2D eigenvalue weighted by Gasteiger charge is 2.25. The second kappa shape index (κ2) is 6.75. The summed E-state index contributed by atoms with van der Waals surface area (Å²) in [4.78, 5) is 7.13. The normalized spacial score (nSPS) is 12.2. The van der Waals surface area contributed by atoms with Gasteiger partial charge in [0.15, 0.2) is 11.5 Å². The molecule has 0 N–H and O–H groups in total. The van der Waals surface area contributed by atoms with Crippen molar-refractivity contribution in [2.75, 3.05) is 4.90 Å². The second-order valence-corrected chi connectivity index (χ2v) is 7.31. The number of rotatable bonds is 2. The summed E-state index contributed by atoms with van der Waals surface area (Å²) < 4.78 is 6.14. The van der Waals surface area contributed by atoms with Gasteiger partial charge in [-0.15, -0.1) is 0 Å². The first-order valence-electron chi connectivity index (χ1n) is 9.99. The fourth-order valence-electron chi connectivity index (χ4n) is 4.01. The number of hydrogen-bond donors (Lipinski definition) is 0. The molecule has 0 amide bonds. The Labute approximate surface area is 174 Å². The van der Waals surface area contributed by atoms with Crippen molar-refractivity contribution in [1.29, 1.82) is 0 Å². The van der Waals surface area contributed by atoms with Crippen LogP contribution in [0.3, 0.4) is 0 Å². The summed E-state index contributed by atoms with van der Waals surface area (Å²) >= 11 is 0. The lowest BCUT2D eigenvalue weighted by Crippen LogP contribution is -2.15. The van der Waals surface area contributed by atoms with Gasteiger partial charge in [-0.3, -0.25) is 0 Å². The van der Waals surface area contributed by atoms with Gasteiger partial charge >= 0.3 is 0 Å². The van der Waals surface area contributed by atoms with E-state index in [0.29, 0.717) is 0 Å². The van der Waals surface area contributed by atoms with Gasteiger partial charge in [-0.1, -0.05) is 60.7 Å². The van der Waals surface area contributed by atoms with Crippen LogP contribution in [0.15, 0.2) is 109 Å². The minimum absolute atomic E-state index is 0.852. The van der Waals surface area contributed by atoms with Crippen LogP contribution in [0.1, 0.15) is 0 Å². The maximum Gasteiger partial charge on any atom is 0.151 e. The molecule has 0 aliphatic carbocycles. The number of hydrogen-bond acceptors (Lipinski definition) is 3. The number of pyridine rings is 1. The molecule has 0 atom stereocenters. The van der Waals surface area contributed by atoms with Gasteiger partial charge in [0.05, 0.1) is 22.6 Å². The Morgan fingerprint density at radius 2 is 1.30 bits per heavy atom. The molecule has 3 nitrogen and oxygen atoms in total. The Bertz CT molecular complexity index is 1350. The lowest BCUT2D eigenvalue weighted by molar-refractivity contribution is 0.477. The average molecular weight is 386 g/mol. The van der Waals surface area contributed by atoms with Gasteiger partial charge in [-0.25, -0.2) is 4.98 Å². The highest BCUT2D eigenvalue weighted by atomic mass is 16.5. The summed E-state index contributed by atoms with van der Waals surface area (Å²) in [6.07, 6.45) is 0. The minimum atomic E-state index is 0.852. The van der Waals surface area contributed by atoms with Gasteiger partial charge in [0.2, 0.25) is 0 Å². The first-order chi connectivity index (χ1) is 14.9. The molecule has 1 aliphatic heterocycles. The smallest absolute Gasteiger partial charge is 0.151 e. The average Bonchev–Trinajstić information content (AvgIpc) is 2.82. The topological polar surface area (TPSA) is 25.4 Å².